The Morgan fingerprint density at radius 1 is 0.900 bits per heavy atom. The lowest BCUT2D eigenvalue weighted by Gasteiger charge is -2.13. The van der Waals surface area contributed by atoms with E-state index in [1.165, 1.54) is 0 Å². The van der Waals surface area contributed by atoms with Gasteiger partial charge in [-0.3, -0.25) is 4.79 Å². The molecule has 1 amide bonds. The molecule has 0 heterocycles. The van der Waals surface area contributed by atoms with E-state index in [4.69, 9.17) is 25.8 Å². The Balaban J connectivity index is 1.61. The maximum atomic E-state index is 12.5. The van der Waals surface area contributed by atoms with Gasteiger partial charge in [-0.1, -0.05) is 54.1 Å². The number of halogens is 1. The van der Waals surface area contributed by atoms with Crippen molar-refractivity contribution in [3.05, 3.63) is 94.0 Å². The topological polar surface area (TPSA) is 56.8 Å². The molecule has 0 unspecified atom stereocenters. The molecular weight excluding hydrogens is 402 g/mol. The van der Waals surface area contributed by atoms with Crippen LogP contribution in [0.5, 0.6) is 11.5 Å². The van der Waals surface area contributed by atoms with E-state index in [2.05, 4.69) is 5.32 Å². The first-order valence-electron chi connectivity index (χ1n) is 9.50. The van der Waals surface area contributed by atoms with Crippen LogP contribution in [-0.4, -0.2) is 20.1 Å². The van der Waals surface area contributed by atoms with Crippen molar-refractivity contribution >= 4 is 17.5 Å². The summed E-state index contributed by atoms with van der Waals surface area (Å²) in [6.07, 6.45) is 0. The summed E-state index contributed by atoms with van der Waals surface area (Å²) in [6.45, 7) is 1.30. The van der Waals surface area contributed by atoms with Crippen LogP contribution in [0.25, 0.3) is 0 Å². The minimum Gasteiger partial charge on any atom is -0.493 e. The Labute approximate surface area is 181 Å². The Hall–Kier alpha value is -3.02. The summed E-state index contributed by atoms with van der Waals surface area (Å²) in [5.41, 5.74) is 3.46. The number of rotatable bonds is 9. The average Bonchev–Trinajstić information content (AvgIpc) is 2.78. The number of methoxy groups -OCH3 is 2. The van der Waals surface area contributed by atoms with Gasteiger partial charge < -0.3 is 19.5 Å². The summed E-state index contributed by atoms with van der Waals surface area (Å²) in [4.78, 5) is 12.5. The number of hydrogen-bond acceptors (Lipinski definition) is 4. The van der Waals surface area contributed by atoms with Crippen molar-refractivity contribution in [1.29, 1.82) is 0 Å². The van der Waals surface area contributed by atoms with Gasteiger partial charge in [0.05, 0.1) is 13.7 Å². The lowest BCUT2D eigenvalue weighted by Crippen LogP contribution is -2.22. The molecule has 0 saturated carbocycles. The van der Waals surface area contributed by atoms with Gasteiger partial charge in [-0.2, -0.15) is 0 Å². The largest absolute Gasteiger partial charge is 0.493 e. The molecule has 0 spiro atoms. The van der Waals surface area contributed by atoms with Crippen molar-refractivity contribution in [1.82, 2.24) is 5.32 Å². The standard InChI is InChI=1S/C24H24ClNO4/c1-28-15-18-9-7-17(8-10-18)14-26-24(27)19-11-12-22(23(13-19)29-2)30-16-20-5-3-4-6-21(20)25/h3-13H,14-16H2,1-2H3,(H,26,27). The van der Waals surface area contributed by atoms with Crippen molar-refractivity contribution < 1.29 is 19.0 Å². The molecule has 3 rings (SSSR count). The molecular formula is C24H24ClNO4. The minimum atomic E-state index is -0.188. The molecule has 30 heavy (non-hydrogen) atoms. The molecule has 0 bridgehead atoms. The second-order valence-corrected chi connectivity index (χ2v) is 7.09. The van der Waals surface area contributed by atoms with Crippen molar-refractivity contribution in [3.63, 3.8) is 0 Å². The summed E-state index contributed by atoms with van der Waals surface area (Å²) in [6, 6.07) is 20.5. The number of nitrogens with one attached hydrogen (secondary N) is 1. The molecule has 0 aliphatic carbocycles. The molecule has 5 nitrogen and oxygen atoms in total. The first kappa shape index (κ1) is 21.7. The van der Waals surface area contributed by atoms with Gasteiger partial charge in [0.2, 0.25) is 0 Å². The highest BCUT2D eigenvalue weighted by atomic mass is 35.5. The molecule has 0 aromatic heterocycles. The first-order chi connectivity index (χ1) is 14.6. The summed E-state index contributed by atoms with van der Waals surface area (Å²) >= 11 is 6.17. The lowest BCUT2D eigenvalue weighted by molar-refractivity contribution is 0.0950. The fraction of sp³-hybridized carbons (Fsp3) is 0.208. The summed E-state index contributed by atoms with van der Waals surface area (Å²) in [7, 11) is 3.20. The van der Waals surface area contributed by atoms with Crippen LogP contribution in [0, 0.1) is 0 Å². The van der Waals surface area contributed by atoms with Gasteiger partial charge in [0.25, 0.3) is 5.91 Å². The zero-order valence-corrected chi connectivity index (χ0v) is 17.7. The molecule has 3 aromatic carbocycles. The first-order valence-corrected chi connectivity index (χ1v) is 9.87. The van der Waals surface area contributed by atoms with Gasteiger partial charge in [0.15, 0.2) is 11.5 Å². The number of amides is 1. The zero-order valence-electron chi connectivity index (χ0n) is 17.0. The summed E-state index contributed by atoms with van der Waals surface area (Å²) in [5, 5.41) is 3.56. The van der Waals surface area contributed by atoms with Gasteiger partial charge in [-0.25, -0.2) is 0 Å². The van der Waals surface area contributed by atoms with E-state index in [0.717, 1.165) is 16.7 Å². The maximum absolute atomic E-state index is 12.5. The molecule has 0 aliphatic rings. The molecule has 6 heteroatoms. The Morgan fingerprint density at radius 2 is 1.63 bits per heavy atom. The molecule has 1 N–H and O–H groups in total. The SMILES string of the molecule is COCc1ccc(CNC(=O)c2ccc(OCc3ccccc3Cl)c(OC)c2)cc1. The van der Waals surface area contributed by atoms with Gasteiger partial charge in [0.1, 0.15) is 6.61 Å². The van der Waals surface area contributed by atoms with Gasteiger partial charge in [0, 0.05) is 29.8 Å². The Bertz CT molecular complexity index is 989. The van der Waals surface area contributed by atoms with Crippen LogP contribution < -0.4 is 14.8 Å². The van der Waals surface area contributed by atoms with Crippen molar-refractivity contribution in [2.75, 3.05) is 14.2 Å². The number of ether oxygens (including phenoxy) is 3. The van der Waals surface area contributed by atoms with E-state index in [1.54, 1.807) is 32.4 Å². The fourth-order valence-electron chi connectivity index (χ4n) is 2.90. The minimum absolute atomic E-state index is 0.188. The second-order valence-electron chi connectivity index (χ2n) is 6.68. The van der Waals surface area contributed by atoms with E-state index in [9.17, 15) is 4.79 Å². The van der Waals surface area contributed by atoms with Gasteiger partial charge in [-0.15, -0.1) is 0 Å². The fourth-order valence-corrected chi connectivity index (χ4v) is 3.09. The maximum Gasteiger partial charge on any atom is 0.251 e. The van der Waals surface area contributed by atoms with Crippen LogP contribution in [0.3, 0.4) is 0 Å². The Kier molecular flexibility index (Phi) is 7.71. The van der Waals surface area contributed by atoms with E-state index >= 15 is 0 Å². The highest BCUT2D eigenvalue weighted by Gasteiger charge is 2.12. The zero-order chi connectivity index (χ0) is 21.3. The van der Waals surface area contributed by atoms with Gasteiger partial charge in [-0.05, 0) is 35.4 Å². The van der Waals surface area contributed by atoms with Crippen LogP contribution in [0.2, 0.25) is 5.02 Å². The van der Waals surface area contributed by atoms with Crippen LogP contribution >= 0.6 is 11.6 Å². The third-order valence-corrected chi connectivity index (χ3v) is 4.92. The third kappa shape index (κ3) is 5.75. The van der Waals surface area contributed by atoms with Crippen molar-refractivity contribution in [2.24, 2.45) is 0 Å². The summed E-state index contributed by atoms with van der Waals surface area (Å²) < 4.78 is 16.3. The second kappa shape index (κ2) is 10.7. The third-order valence-electron chi connectivity index (χ3n) is 4.55. The quantitative estimate of drug-likeness (QED) is 0.524. The normalized spacial score (nSPS) is 10.5. The highest BCUT2D eigenvalue weighted by Crippen LogP contribution is 2.29. The van der Waals surface area contributed by atoms with E-state index in [1.807, 2.05) is 48.5 Å². The highest BCUT2D eigenvalue weighted by molar-refractivity contribution is 6.31. The van der Waals surface area contributed by atoms with Crippen molar-refractivity contribution in [2.45, 2.75) is 19.8 Å². The molecule has 0 fully saturated rings. The van der Waals surface area contributed by atoms with Crippen LogP contribution in [-0.2, 0) is 24.5 Å². The average molecular weight is 426 g/mol. The smallest absolute Gasteiger partial charge is 0.251 e. The van der Waals surface area contributed by atoms with E-state index in [0.29, 0.717) is 41.8 Å². The van der Waals surface area contributed by atoms with Crippen molar-refractivity contribution in [3.8, 4) is 11.5 Å². The molecule has 156 valence electrons. The predicted molar refractivity (Wildman–Crippen MR) is 117 cm³/mol. The predicted octanol–water partition coefficient (Wildman–Crippen LogP) is 5.00. The lowest BCUT2D eigenvalue weighted by atomic mass is 10.1. The van der Waals surface area contributed by atoms with Crippen LogP contribution in [0.1, 0.15) is 27.0 Å². The molecule has 0 atom stereocenters. The molecule has 0 radical (unpaired) electrons. The molecule has 3 aromatic rings. The monoisotopic (exact) mass is 425 g/mol. The number of carbonyl (C=O) groups excluding carboxylic acids is 1. The van der Waals surface area contributed by atoms with E-state index in [-0.39, 0.29) is 5.91 Å². The van der Waals surface area contributed by atoms with Crippen LogP contribution in [0.4, 0.5) is 0 Å². The van der Waals surface area contributed by atoms with E-state index < -0.39 is 0 Å². The van der Waals surface area contributed by atoms with Gasteiger partial charge >= 0.3 is 0 Å². The summed E-state index contributed by atoms with van der Waals surface area (Å²) in [5.74, 6) is 0.841. The molecule has 0 saturated heterocycles. The number of carbonyl (C=O) groups is 1. The Morgan fingerprint density at radius 3 is 2.33 bits per heavy atom. The number of hydrogen-bond donors (Lipinski definition) is 1. The molecule has 0 aliphatic heterocycles. The van der Waals surface area contributed by atoms with Crippen LogP contribution in [0.15, 0.2) is 66.7 Å². The number of benzene rings is 3.